The molecule has 2 N–H and O–H groups in total. The van der Waals surface area contributed by atoms with Gasteiger partial charge in [0.25, 0.3) is 5.91 Å². The molecule has 0 saturated carbocycles. The maximum Gasteiger partial charge on any atom is 0.268 e. The van der Waals surface area contributed by atoms with Crippen molar-refractivity contribution in [2.75, 3.05) is 5.32 Å². The molecule has 0 aliphatic carbocycles. The van der Waals surface area contributed by atoms with Crippen molar-refractivity contribution < 1.29 is 9.63 Å². The Morgan fingerprint density at radius 3 is 3.16 bits per heavy atom. The van der Waals surface area contributed by atoms with Crippen LogP contribution in [0.2, 0.25) is 4.34 Å². The summed E-state index contributed by atoms with van der Waals surface area (Å²) in [4.78, 5) is 18.0. The molecular weight excluding hydrogens is 288 g/mol. The zero-order chi connectivity index (χ0) is 13.2. The first-order valence-electron chi connectivity index (χ1n) is 5.50. The zero-order valence-corrected chi connectivity index (χ0v) is 11.2. The number of nitrogens with zero attached hydrogens (tertiary/aromatic N) is 2. The van der Waals surface area contributed by atoms with E-state index >= 15 is 0 Å². The van der Waals surface area contributed by atoms with Crippen LogP contribution in [0, 0.1) is 0 Å². The highest BCUT2D eigenvalue weighted by molar-refractivity contribution is 7.18. The van der Waals surface area contributed by atoms with Gasteiger partial charge in [0.2, 0.25) is 6.10 Å². The highest BCUT2D eigenvalue weighted by Gasteiger charge is 2.29. The minimum atomic E-state index is -0.620. The lowest BCUT2D eigenvalue weighted by Gasteiger charge is -2.07. The smallest absolute Gasteiger partial charge is 0.268 e. The van der Waals surface area contributed by atoms with E-state index in [1.807, 2.05) is 6.07 Å². The first-order valence-corrected chi connectivity index (χ1v) is 6.70. The molecule has 1 aliphatic heterocycles. The Balaban J connectivity index is 1.63. The lowest BCUT2D eigenvalue weighted by Crippen LogP contribution is -2.27. The average Bonchev–Trinajstić information content (AvgIpc) is 3.07. The lowest BCUT2D eigenvalue weighted by molar-refractivity contribution is -0.125. The Bertz CT molecular complexity index is 622. The minimum absolute atomic E-state index is 0.247. The predicted molar refractivity (Wildman–Crippen MR) is 72.6 cm³/mol. The number of aromatic nitrogens is 2. The number of H-pyrrole nitrogens is 1. The van der Waals surface area contributed by atoms with Crippen LogP contribution in [0.5, 0.6) is 0 Å². The van der Waals surface area contributed by atoms with E-state index in [0.717, 1.165) is 10.6 Å². The van der Waals surface area contributed by atoms with Crippen LogP contribution in [0.25, 0.3) is 0 Å². The van der Waals surface area contributed by atoms with Crippen LogP contribution >= 0.6 is 22.9 Å². The Morgan fingerprint density at radius 2 is 2.47 bits per heavy atom. The van der Waals surface area contributed by atoms with Gasteiger partial charge in [-0.2, -0.15) is 5.10 Å². The summed E-state index contributed by atoms with van der Waals surface area (Å²) in [5.41, 5.74) is 1.34. The van der Waals surface area contributed by atoms with Gasteiger partial charge in [0, 0.05) is 12.6 Å². The third-order valence-electron chi connectivity index (χ3n) is 2.58. The van der Waals surface area contributed by atoms with Gasteiger partial charge >= 0.3 is 0 Å². The molecule has 0 spiro atoms. The summed E-state index contributed by atoms with van der Waals surface area (Å²) in [6.45, 7) is 0. The number of rotatable bonds is 3. The molecule has 0 radical (unpaired) electrons. The second kappa shape index (κ2) is 5.02. The Labute approximate surface area is 117 Å². The van der Waals surface area contributed by atoms with Gasteiger partial charge in [-0.25, -0.2) is 0 Å². The van der Waals surface area contributed by atoms with Crippen LogP contribution in [0.1, 0.15) is 11.3 Å². The van der Waals surface area contributed by atoms with Crippen LogP contribution in [0.3, 0.4) is 0 Å². The largest absolute Gasteiger partial charge is 0.382 e. The normalized spacial score (nSPS) is 17.9. The maximum absolute atomic E-state index is 11.9. The lowest BCUT2D eigenvalue weighted by atomic mass is 10.1. The molecule has 1 amide bonds. The van der Waals surface area contributed by atoms with Crippen molar-refractivity contribution in [1.82, 2.24) is 10.2 Å². The van der Waals surface area contributed by atoms with E-state index in [-0.39, 0.29) is 5.91 Å². The predicted octanol–water partition coefficient (Wildman–Crippen LogP) is 2.26. The van der Waals surface area contributed by atoms with Crippen LogP contribution < -0.4 is 5.32 Å². The van der Waals surface area contributed by atoms with E-state index in [2.05, 4.69) is 20.7 Å². The molecule has 0 fully saturated rings. The zero-order valence-electron chi connectivity index (χ0n) is 9.59. The van der Waals surface area contributed by atoms with Gasteiger partial charge in [-0.3, -0.25) is 9.89 Å². The fourth-order valence-corrected chi connectivity index (χ4v) is 2.71. The van der Waals surface area contributed by atoms with E-state index < -0.39 is 6.10 Å². The van der Waals surface area contributed by atoms with Crippen molar-refractivity contribution in [3.63, 3.8) is 0 Å². The molecular formula is C11H9ClN4O2S. The van der Waals surface area contributed by atoms with Crippen molar-refractivity contribution in [2.24, 2.45) is 5.16 Å². The molecule has 0 bridgehead atoms. The summed E-state index contributed by atoms with van der Waals surface area (Å²) >= 11 is 7.28. The maximum atomic E-state index is 11.9. The van der Waals surface area contributed by atoms with Crippen LogP contribution in [0.4, 0.5) is 5.69 Å². The number of carbonyl (C=O) groups is 1. The van der Waals surface area contributed by atoms with Gasteiger partial charge in [-0.1, -0.05) is 16.8 Å². The van der Waals surface area contributed by atoms with E-state index in [4.69, 9.17) is 16.4 Å². The summed E-state index contributed by atoms with van der Waals surface area (Å²) in [5, 5.41) is 13.0. The first-order chi connectivity index (χ1) is 9.22. The summed E-state index contributed by atoms with van der Waals surface area (Å²) in [6.07, 6.45) is 2.92. The van der Waals surface area contributed by atoms with Crippen molar-refractivity contribution >= 4 is 40.2 Å². The number of hydrogen-bond acceptors (Lipinski definition) is 5. The van der Waals surface area contributed by atoms with E-state index in [1.165, 1.54) is 17.5 Å². The van der Waals surface area contributed by atoms with E-state index in [1.54, 1.807) is 12.3 Å². The molecule has 0 saturated heterocycles. The molecule has 3 rings (SSSR count). The number of amides is 1. The Kier molecular flexibility index (Phi) is 3.22. The molecule has 6 nitrogen and oxygen atoms in total. The van der Waals surface area contributed by atoms with Gasteiger partial charge in [0.05, 0.1) is 21.1 Å². The molecule has 19 heavy (non-hydrogen) atoms. The van der Waals surface area contributed by atoms with E-state index in [0.29, 0.717) is 16.4 Å². The Hall–Kier alpha value is -1.86. The molecule has 8 heteroatoms. The standard InChI is InChI=1S/C11H9ClN4O2S/c12-10-2-1-9(19-10)7-3-8(18-16-7)11(17)15-6-4-13-14-5-6/h1-2,4-5,8H,3H2,(H,13,14)(H,15,17)/t8-/m0/s1. The molecule has 98 valence electrons. The van der Waals surface area contributed by atoms with Crippen LogP contribution in [0.15, 0.2) is 29.7 Å². The van der Waals surface area contributed by atoms with Crippen LogP contribution in [-0.4, -0.2) is 27.9 Å². The summed E-state index contributed by atoms with van der Waals surface area (Å²) in [5.74, 6) is -0.247. The number of halogens is 1. The third kappa shape index (κ3) is 2.61. The molecule has 2 aromatic heterocycles. The van der Waals surface area contributed by atoms with Crippen molar-refractivity contribution in [1.29, 1.82) is 0 Å². The number of oxime groups is 1. The number of carbonyl (C=O) groups excluding carboxylic acids is 1. The van der Waals surface area contributed by atoms with Gasteiger partial charge in [-0.05, 0) is 12.1 Å². The number of aromatic amines is 1. The van der Waals surface area contributed by atoms with Gasteiger partial charge < -0.3 is 10.2 Å². The highest BCUT2D eigenvalue weighted by Crippen LogP contribution is 2.26. The fraction of sp³-hybridized carbons (Fsp3) is 0.182. The number of thiophene rings is 1. The molecule has 3 heterocycles. The second-order valence-corrected chi connectivity index (χ2v) is 5.63. The summed E-state index contributed by atoms with van der Waals surface area (Å²) in [7, 11) is 0. The minimum Gasteiger partial charge on any atom is -0.382 e. The molecule has 0 aromatic carbocycles. The van der Waals surface area contributed by atoms with Crippen molar-refractivity contribution in [2.45, 2.75) is 12.5 Å². The summed E-state index contributed by atoms with van der Waals surface area (Å²) in [6, 6.07) is 3.66. The SMILES string of the molecule is O=C(Nc1cn[nH]c1)[C@@H]1CC(c2ccc(Cl)s2)=NO1. The van der Waals surface area contributed by atoms with Gasteiger partial charge in [0.1, 0.15) is 5.71 Å². The molecule has 0 unspecified atom stereocenters. The molecule has 1 aliphatic rings. The van der Waals surface area contributed by atoms with Gasteiger partial charge in [0.15, 0.2) is 0 Å². The average molecular weight is 297 g/mol. The summed E-state index contributed by atoms with van der Waals surface area (Å²) < 4.78 is 0.684. The highest BCUT2D eigenvalue weighted by atomic mass is 35.5. The number of anilines is 1. The van der Waals surface area contributed by atoms with Crippen molar-refractivity contribution in [3.8, 4) is 0 Å². The van der Waals surface area contributed by atoms with E-state index in [9.17, 15) is 4.79 Å². The monoisotopic (exact) mass is 296 g/mol. The Morgan fingerprint density at radius 1 is 1.58 bits per heavy atom. The van der Waals surface area contributed by atoms with Gasteiger partial charge in [-0.15, -0.1) is 11.3 Å². The quantitative estimate of drug-likeness (QED) is 0.912. The van der Waals surface area contributed by atoms with Crippen molar-refractivity contribution in [3.05, 3.63) is 33.7 Å². The second-order valence-electron chi connectivity index (χ2n) is 3.92. The first kappa shape index (κ1) is 12.2. The topological polar surface area (TPSA) is 79.4 Å². The van der Waals surface area contributed by atoms with Crippen LogP contribution in [-0.2, 0) is 9.63 Å². The third-order valence-corrected chi connectivity index (χ3v) is 3.86. The fourth-order valence-electron chi connectivity index (χ4n) is 1.67. The molecule has 2 aromatic rings. The molecule has 1 atom stereocenters. The number of nitrogens with one attached hydrogen (secondary N) is 2. The number of hydrogen-bond donors (Lipinski definition) is 2.